The number of nitrogens with zero attached hydrogens (tertiary/aromatic N) is 4. The van der Waals surface area contributed by atoms with Crippen molar-refractivity contribution in [3.63, 3.8) is 0 Å². The van der Waals surface area contributed by atoms with Gasteiger partial charge in [0.1, 0.15) is 0 Å². The molecule has 0 saturated carbocycles. The Kier molecular flexibility index (Phi) is 5.22. The second kappa shape index (κ2) is 7.56. The molecule has 130 valence electrons. The van der Waals surface area contributed by atoms with Crippen molar-refractivity contribution in [2.45, 2.75) is 38.5 Å². The number of benzene rings is 1. The summed E-state index contributed by atoms with van der Waals surface area (Å²) in [6.45, 7) is 4.26. The van der Waals surface area contributed by atoms with Gasteiger partial charge >= 0.3 is 5.69 Å². The first-order valence-electron chi connectivity index (χ1n) is 8.92. The Balaban J connectivity index is 1.65. The first-order valence-corrected chi connectivity index (χ1v) is 10.4. The number of para-hydroxylation sites is 2. The molecule has 0 radical (unpaired) electrons. The Morgan fingerprint density at radius 1 is 0.667 bits per heavy atom. The molecule has 2 aromatic rings. The summed E-state index contributed by atoms with van der Waals surface area (Å²) in [7, 11) is 0. The van der Waals surface area contributed by atoms with Gasteiger partial charge in [-0.3, -0.25) is 0 Å². The van der Waals surface area contributed by atoms with Crippen LogP contribution in [-0.2, 0) is 0 Å². The topological polar surface area (TPSA) is 33.4 Å². The normalized spacial score (nSPS) is 20.7. The minimum Gasteiger partial charge on any atom is -0.246 e. The lowest BCUT2D eigenvalue weighted by Crippen LogP contribution is -2.30. The zero-order chi connectivity index (χ0) is 16.4. The van der Waals surface area contributed by atoms with E-state index in [0.717, 1.165) is 37.2 Å². The van der Waals surface area contributed by atoms with Crippen molar-refractivity contribution in [1.29, 1.82) is 0 Å². The first kappa shape index (κ1) is 16.6. The van der Waals surface area contributed by atoms with E-state index in [4.69, 9.17) is 0 Å². The van der Waals surface area contributed by atoms with E-state index in [-0.39, 0.29) is 5.69 Å². The average molecular weight is 365 g/mol. The lowest BCUT2D eigenvalue weighted by molar-refractivity contribution is 0.378. The Morgan fingerprint density at radius 3 is 1.50 bits per heavy atom. The van der Waals surface area contributed by atoms with Crippen molar-refractivity contribution in [3.05, 3.63) is 34.7 Å². The number of rotatable bonds is 4. The van der Waals surface area contributed by atoms with E-state index in [1.807, 2.05) is 20.1 Å². The third-order valence-corrected chi connectivity index (χ3v) is 6.92. The number of imidazole rings is 1. The van der Waals surface area contributed by atoms with E-state index in [1.165, 1.54) is 38.5 Å². The van der Waals surface area contributed by atoms with Gasteiger partial charge in [0, 0.05) is 50.4 Å². The molecule has 0 spiro atoms. The summed E-state index contributed by atoms with van der Waals surface area (Å²) < 4.78 is 8.40. The standard InChI is InChI=1S/C17H24N4OS2/c22-17-20(23-18-11-5-1-6-12-18)15-9-3-4-10-16(15)21(17)24-19-13-7-2-8-14-19/h3-4,9-10H,1-2,5-8,11-14H2. The van der Waals surface area contributed by atoms with Crippen LogP contribution in [0.5, 0.6) is 0 Å². The van der Waals surface area contributed by atoms with Crippen molar-refractivity contribution >= 4 is 35.3 Å². The molecule has 2 fully saturated rings. The molecule has 1 aromatic carbocycles. The molecule has 0 unspecified atom stereocenters. The van der Waals surface area contributed by atoms with Crippen LogP contribution in [-0.4, -0.2) is 42.7 Å². The third-order valence-electron chi connectivity index (χ3n) is 4.69. The van der Waals surface area contributed by atoms with Crippen molar-refractivity contribution in [1.82, 2.24) is 16.6 Å². The fourth-order valence-electron chi connectivity index (χ4n) is 3.38. The summed E-state index contributed by atoms with van der Waals surface area (Å²) in [5, 5.41) is 0. The monoisotopic (exact) mass is 364 g/mol. The molecule has 4 rings (SSSR count). The molecule has 2 aliphatic heterocycles. The van der Waals surface area contributed by atoms with Crippen molar-refractivity contribution in [2.75, 3.05) is 26.2 Å². The fourth-order valence-corrected chi connectivity index (χ4v) is 5.52. The van der Waals surface area contributed by atoms with Crippen LogP contribution >= 0.6 is 24.3 Å². The number of fused-ring (bicyclic) bond motifs is 1. The Labute approximate surface area is 151 Å². The summed E-state index contributed by atoms with van der Waals surface area (Å²) in [6.07, 6.45) is 7.51. The van der Waals surface area contributed by atoms with Gasteiger partial charge in [0.25, 0.3) is 0 Å². The molecular weight excluding hydrogens is 340 g/mol. The van der Waals surface area contributed by atoms with Gasteiger partial charge in [0.15, 0.2) is 0 Å². The van der Waals surface area contributed by atoms with E-state index in [9.17, 15) is 4.79 Å². The third kappa shape index (κ3) is 3.40. The summed E-state index contributed by atoms with van der Waals surface area (Å²) in [5.74, 6) is 0. The predicted molar refractivity (Wildman–Crippen MR) is 103 cm³/mol. The molecule has 7 heteroatoms. The van der Waals surface area contributed by atoms with E-state index < -0.39 is 0 Å². The Morgan fingerprint density at radius 2 is 1.08 bits per heavy atom. The fraction of sp³-hybridized carbons (Fsp3) is 0.588. The van der Waals surface area contributed by atoms with Crippen LogP contribution in [0.25, 0.3) is 11.0 Å². The molecule has 24 heavy (non-hydrogen) atoms. The Bertz CT molecular complexity index is 685. The molecule has 0 bridgehead atoms. The summed E-state index contributed by atoms with van der Waals surface area (Å²) in [5.41, 5.74) is 2.10. The van der Waals surface area contributed by atoms with Gasteiger partial charge in [-0.1, -0.05) is 25.0 Å². The number of hydrogen-bond acceptors (Lipinski definition) is 5. The zero-order valence-corrected chi connectivity index (χ0v) is 15.5. The second-order valence-electron chi connectivity index (χ2n) is 6.50. The van der Waals surface area contributed by atoms with Crippen molar-refractivity contribution in [3.8, 4) is 0 Å². The molecule has 0 aliphatic carbocycles. The number of hydrogen-bond donors (Lipinski definition) is 0. The molecule has 0 amide bonds. The summed E-state index contributed by atoms with van der Waals surface area (Å²) in [4.78, 5) is 13.1. The quantitative estimate of drug-likeness (QED) is 0.774. The van der Waals surface area contributed by atoms with Gasteiger partial charge in [-0.2, -0.15) is 0 Å². The minimum atomic E-state index is 0.0716. The highest BCUT2D eigenvalue weighted by atomic mass is 32.2. The first-order chi connectivity index (χ1) is 11.8. The lowest BCUT2D eigenvalue weighted by atomic mass is 10.2. The summed E-state index contributed by atoms with van der Waals surface area (Å²) in [6, 6.07) is 8.15. The van der Waals surface area contributed by atoms with Gasteiger partial charge in [0.2, 0.25) is 0 Å². The largest absolute Gasteiger partial charge is 0.351 e. The lowest BCUT2D eigenvalue weighted by Gasteiger charge is -2.25. The number of aromatic nitrogens is 2. The molecule has 1 aromatic heterocycles. The minimum absolute atomic E-state index is 0.0716. The highest BCUT2D eigenvalue weighted by Crippen LogP contribution is 2.27. The molecule has 0 N–H and O–H groups in total. The van der Waals surface area contributed by atoms with E-state index >= 15 is 0 Å². The smallest absolute Gasteiger partial charge is 0.246 e. The van der Waals surface area contributed by atoms with Crippen LogP contribution in [0.4, 0.5) is 0 Å². The van der Waals surface area contributed by atoms with E-state index in [0.29, 0.717) is 0 Å². The van der Waals surface area contributed by atoms with E-state index in [2.05, 4.69) is 20.7 Å². The maximum atomic E-state index is 13.1. The van der Waals surface area contributed by atoms with Crippen LogP contribution in [0.1, 0.15) is 38.5 Å². The van der Waals surface area contributed by atoms with Crippen molar-refractivity contribution in [2.24, 2.45) is 0 Å². The Hall–Kier alpha value is -0.890. The average Bonchev–Trinajstić information content (AvgIpc) is 2.90. The SMILES string of the molecule is O=c1n(SN2CCCCC2)c2ccccc2n1SN1CCCCC1. The highest BCUT2D eigenvalue weighted by Gasteiger charge is 2.21. The second-order valence-corrected chi connectivity index (χ2v) is 8.59. The van der Waals surface area contributed by atoms with Gasteiger partial charge in [-0.15, -0.1) is 0 Å². The predicted octanol–water partition coefficient (Wildman–Crippen LogP) is 3.60. The summed E-state index contributed by atoms with van der Waals surface area (Å²) >= 11 is 3.18. The van der Waals surface area contributed by atoms with Crippen LogP contribution in [0.15, 0.2) is 29.1 Å². The number of piperidine rings is 2. The van der Waals surface area contributed by atoms with Crippen LogP contribution < -0.4 is 5.69 Å². The molecule has 2 saturated heterocycles. The van der Waals surface area contributed by atoms with E-state index in [1.54, 1.807) is 24.3 Å². The van der Waals surface area contributed by atoms with Gasteiger partial charge < -0.3 is 0 Å². The molecule has 5 nitrogen and oxygen atoms in total. The van der Waals surface area contributed by atoms with Gasteiger partial charge in [0.05, 0.1) is 11.0 Å². The molecular formula is C17H24N4OS2. The van der Waals surface area contributed by atoms with Crippen LogP contribution in [0.2, 0.25) is 0 Å². The molecule has 0 atom stereocenters. The van der Waals surface area contributed by atoms with Crippen LogP contribution in [0, 0.1) is 0 Å². The van der Waals surface area contributed by atoms with Gasteiger partial charge in [-0.05, 0) is 37.8 Å². The maximum Gasteiger partial charge on any atom is 0.351 e. The van der Waals surface area contributed by atoms with Crippen molar-refractivity contribution < 1.29 is 0 Å². The maximum absolute atomic E-state index is 13.1. The highest BCUT2D eigenvalue weighted by molar-refractivity contribution is 7.96. The van der Waals surface area contributed by atoms with Crippen LogP contribution in [0.3, 0.4) is 0 Å². The molecule has 2 aliphatic rings. The van der Waals surface area contributed by atoms with Gasteiger partial charge in [-0.25, -0.2) is 21.3 Å². The molecule has 3 heterocycles. The zero-order valence-electron chi connectivity index (χ0n) is 13.9.